The molecule has 11 heavy (non-hydrogen) atoms. The molecule has 0 saturated carbocycles. The average Bonchev–Trinajstić information content (AvgIpc) is 2.53. The molecule has 0 aliphatic heterocycles. The fraction of sp³-hybridized carbons (Fsp3) is 0.500. The second-order valence-corrected chi connectivity index (χ2v) is 3.59. The fourth-order valence-electron chi connectivity index (χ4n) is 0.946. The fourth-order valence-corrected chi connectivity index (χ4v) is 1.75. The highest BCUT2D eigenvalue weighted by molar-refractivity contribution is 7.10. The van der Waals surface area contributed by atoms with E-state index in [1.165, 1.54) is 4.88 Å². The Balaban J connectivity index is 2.62. The Labute approximate surface area is 71.2 Å². The van der Waals surface area contributed by atoms with Crippen molar-refractivity contribution in [2.24, 2.45) is 11.5 Å². The Morgan fingerprint density at radius 1 is 1.55 bits per heavy atom. The normalized spacial score (nSPS) is 16.3. The first-order valence-electron chi connectivity index (χ1n) is 3.80. The third-order valence-electron chi connectivity index (χ3n) is 1.80. The predicted octanol–water partition coefficient (Wildman–Crippen LogP) is 1.49. The summed E-state index contributed by atoms with van der Waals surface area (Å²) in [7, 11) is 0. The van der Waals surface area contributed by atoms with Crippen molar-refractivity contribution >= 4 is 11.3 Å². The van der Waals surface area contributed by atoms with Crippen LogP contribution in [0.15, 0.2) is 17.5 Å². The van der Waals surface area contributed by atoms with Crippen LogP contribution in [0.25, 0.3) is 0 Å². The van der Waals surface area contributed by atoms with E-state index in [4.69, 9.17) is 11.5 Å². The molecular formula is C8H14N2S. The van der Waals surface area contributed by atoms with Crippen molar-refractivity contribution in [3.63, 3.8) is 0 Å². The highest BCUT2D eigenvalue weighted by atomic mass is 32.1. The minimum Gasteiger partial charge on any atom is -0.326 e. The molecule has 0 spiro atoms. The Kier molecular flexibility index (Phi) is 3.05. The Morgan fingerprint density at radius 2 is 2.27 bits per heavy atom. The van der Waals surface area contributed by atoms with Crippen LogP contribution in [0.1, 0.15) is 24.3 Å². The van der Waals surface area contributed by atoms with Crippen LogP contribution < -0.4 is 11.5 Å². The van der Waals surface area contributed by atoms with Crippen molar-refractivity contribution in [2.45, 2.75) is 25.4 Å². The van der Waals surface area contributed by atoms with Gasteiger partial charge in [0.2, 0.25) is 0 Å². The molecule has 2 nitrogen and oxygen atoms in total. The molecule has 0 aliphatic rings. The molecule has 0 radical (unpaired) electrons. The topological polar surface area (TPSA) is 52.0 Å². The third-order valence-corrected chi connectivity index (χ3v) is 2.78. The van der Waals surface area contributed by atoms with Gasteiger partial charge in [-0.05, 0) is 17.9 Å². The molecule has 0 unspecified atom stereocenters. The van der Waals surface area contributed by atoms with Crippen LogP contribution in [0.4, 0.5) is 0 Å². The minimum absolute atomic E-state index is 0.0139. The lowest BCUT2D eigenvalue weighted by molar-refractivity contribution is 0.539. The van der Waals surface area contributed by atoms with E-state index in [1.807, 2.05) is 17.5 Å². The van der Waals surface area contributed by atoms with Crippen LogP contribution in [-0.2, 0) is 0 Å². The summed E-state index contributed by atoms with van der Waals surface area (Å²) in [5.41, 5.74) is 11.7. The monoisotopic (exact) mass is 170 g/mol. The molecular weight excluding hydrogens is 156 g/mol. The Bertz CT molecular complexity index is 196. The molecule has 62 valence electrons. The quantitative estimate of drug-likeness (QED) is 0.722. The lowest BCUT2D eigenvalue weighted by atomic mass is 10.1. The van der Waals surface area contributed by atoms with Gasteiger partial charge in [0, 0.05) is 10.9 Å². The van der Waals surface area contributed by atoms with Crippen molar-refractivity contribution in [1.29, 1.82) is 0 Å². The molecule has 1 rings (SSSR count). The van der Waals surface area contributed by atoms with Crippen LogP contribution in [0.3, 0.4) is 0 Å². The van der Waals surface area contributed by atoms with Crippen molar-refractivity contribution in [3.05, 3.63) is 22.4 Å². The summed E-state index contributed by atoms with van der Waals surface area (Å²) in [5, 5.41) is 2.03. The van der Waals surface area contributed by atoms with Gasteiger partial charge in [0.25, 0.3) is 0 Å². The van der Waals surface area contributed by atoms with Gasteiger partial charge in [-0.1, -0.05) is 13.0 Å². The van der Waals surface area contributed by atoms with Crippen LogP contribution in [0, 0.1) is 0 Å². The maximum atomic E-state index is 5.88. The van der Waals surface area contributed by atoms with Crippen molar-refractivity contribution < 1.29 is 0 Å². The molecule has 0 saturated heterocycles. The summed E-state index contributed by atoms with van der Waals surface area (Å²) in [6.07, 6.45) is 0.930. The second-order valence-electron chi connectivity index (χ2n) is 2.61. The SMILES string of the molecule is CC[C@@H](N)[C@@H](N)c1cccs1. The molecule has 1 aromatic rings. The van der Waals surface area contributed by atoms with Gasteiger partial charge in [-0.3, -0.25) is 0 Å². The van der Waals surface area contributed by atoms with E-state index in [-0.39, 0.29) is 12.1 Å². The van der Waals surface area contributed by atoms with Gasteiger partial charge in [0.15, 0.2) is 0 Å². The highest BCUT2D eigenvalue weighted by Gasteiger charge is 2.13. The number of hydrogen-bond acceptors (Lipinski definition) is 3. The molecule has 0 aliphatic carbocycles. The van der Waals surface area contributed by atoms with Gasteiger partial charge in [-0.15, -0.1) is 11.3 Å². The van der Waals surface area contributed by atoms with Gasteiger partial charge in [0.1, 0.15) is 0 Å². The standard InChI is InChI=1S/C8H14N2S/c1-2-6(9)8(10)7-4-3-5-11-7/h3-6,8H,2,9-10H2,1H3/t6-,8-/m1/s1. The lowest BCUT2D eigenvalue weighted by Crippen LogP contribution is -2.32. The average molecular weight is 170 g/mol. The van der Waals surface area contributed by atoms with Gasteiger partial charge < -0.3 is 11.5 Å². The zero-order chi connectivity index (χ0) is 8.27. The molecule has 0 bridgehead atoms. The minimum atomic E-state index is 0.0139. The van der Waals surface area contributed by atoms with E-state index in [9.17, 15) is 0 Å². The summed E-state index contributed by atoms with van der Waals surface area (Å²) in [5.74, 6) is 0. The first-order valence-corrected chi connectivity index (χ1v) is 4.68. The summed E-state index contributed by atoms with van der Waals surface area (Å²) < 4.78 is 0. The van der Waals surface area contributed by atoms with Crippen molar-refractivity contribution in [3.8, 4) is 0 Å². The number of thiophene rings is 1. The molecule has 1 heterocycles. The molecule has 0 amide bonds. The first kappa shape index (κ1) is 8.71. The maximum Gasteiger partial charge on any atom is 0.0543 e. The van der Waals surface area contributed by atoms with Gasteiger partial charge in [-0.2, -0.15) is 0 Å². The van der Waals surface area contributed by atoms with E-state index < -0.39 is 0 Å². The Morgan fingerprint density at radius 3 is 2.73 bits per heavy atom. The van der Waals surface area contributed by atoms with Gasteiger partial charge in [-0.25, -0.2) is 0 Å². The third kappa shape index (κ3) is 2.02. The molecule has 1 aromatic heterocycles. The van der Waals surface area contributed by atoms with Crippen molar-refractivity contribution in [2.75, 3.05) is 0 Å². The van der Waals surface area contributed by atoms with Gasteiger partial charge in [0.05, 0.1) is 6.04 Å². The Hall–Kier alpha value is -0.380. The van der Waals surface area contributed by atoms with Gasteiger partial charge >= 0.3 is 0 Å². The summed E-state index contributed by atoms with van der Waals surface area (Å²) >= 11 is 1.67. The number of rotatable bonds is 3. The molecule has 0 fully saturated rings. The zero-order valence-corrected chi connectivity index (χ0v) is 7.47. The largest absolute Gasteiger partial charge is 0.326 e. The zero-order valence-electron chi connectivity index (χ0n) is 6.66. The van der Waals surface area contributed by atoms with E-state index in [0.29, 0.717) is 0 Å². The molecule has 3 heteroatoms. The van der Waals surface area contributed by atoms with E-state index in [0.717, 1.165) is 6.42 Å². The number of nitrogens with two attached hydrogens (primary N) is 2. The molecule has 0 aromatic carbocycles. The van der Waals surface area contributed by atoms with Crippen LogP contribution >= 0.6 is 11.3 Å². The highest BCUT2D eigenvalue weighted by Crippen LogP contribution is 2.19. The van der Waals surface area contributed by atoms with Crippen LogP contribution in [0.5, 0.6) is 0 Å². The molecule has 2 atom stereocenters. The lowest BCUT2D eigenvalue weighted by Gasteiger charge is -2.16. The smallest absolute Gasteiger partial charge is 0.0543 e. The first-order chi connectivity index (χ1) is 5.25. The number of hydrogen-bond donors (Lipinski definition) is 2. The molecule has 4 N–H and O–H groups in total. The van der Waals surface area contributed by atoms with E-state index >= 15 is 0 Å². The van der Waals surface area contributed by atoms with Crippen LogP contribution in [0.2, 0.25) is 0 Å². The summed E-state index contributed by atoms with van der Waals surface area (Å²) in [6.45, 7) is 2.05. The van der Waals surface area contributed by atoms with Crippen molar-refractivity contribution in [1.82, 2.24) is 0 Å². The summed E-state index contributed by atoms with van der Waals surface area (Å²) in [4.78, 5) is 1.18. The summed E-state index contributed by atoms with van der Waals surface area (Å²) in [6, 6.07) is 4.14. The van der Waals surface area contributed by atoms with E-state index in [2.05, 4.69) is 6.92 Å². The second kappa shape index (κ2) is 3.85. The predicted molar refractivity (Wildman–Crippen MR) is 49.5 cm³/mol. The van der Waals surface area contributed by atoms with Crippen LogP contribution in [-0.4, -0.2) is 6.04 Å². The maximum absolute atomic E-state index is 5.88. The van der Waals surface area contributed by atoms with E-state index in [1.54, 1.807) is 11.3 Å².